The minimum Gasteiger partial charge on any atom is -0.422 e. The van der Waals surface area contributed by atoms with Gasteiger partial charge in [-0.05, 0) is 27.7 Å². The molecule has 0 amide bonds. The molecule has 0 aliphatic rings. The number of anilines is 1. The van der Waals surface area contributed by atoms with E-state index in [1.807, 2.05) is 43.0 Å². The minimum absolute atomic E-state index is 0.307. The molecule has 0 heterocycles. The Morgan fingerprint density at radius 1 is 0.926 bits per heavy atom. The summed E-state index contributed by atoms with van der Waals surface area (Å²) in [6.45, 7) is 15.9. The monoisotopic (exact) mass is 367 g/mol. The molecule has 0 N–H and O–H groups in total. The van der Waals surface area contributed by atoms with Crippen LogP contribution in [-0.4, -0.2) is 25.0 Å². The average molecular weight is 367 g/mol. The topological polar surface area (TPSA) is 55.8 Å². The van der Waals surface area contributed by atoms with Crippen LogP contribution in [0.2, 0.25) is 0 Å². The summed E-state index contributed by atoms with van der Waals surface area (Å²) < 4.78 is 11.2. The van der Waals surface area contributed by atoms with Gasteiger partial charge in [0.15, 0.2) is 5.75 Å². The summed E-state index contributed by atoms with van der Waals surface area (Å²) in [6, 6.07) is 9.07. The van der Waals surface area contributed by atoms with E-state index >= 15 is 0 Å². The molecule has 0 aliphatic carbocycles. The zero-order valence-electron chi connectivity index (χ0n) is 16.3. The van der Waals surface area contributed by atoms with Gasteiger partial charge in [-0.1, -0.05) is 37.4 Å². The molecule has 0 spiro atoms. The third kappa shape index (κ3) is 4.37. The average Bonchev–Trinajstić information content (AvgIpc) is 2.64. The van der Waals surface area contributed by atoms with Crippen molar-refractivity contribution < 1.29 is 19.1 Å². The molecule has 0 aliphatic heterocycles. The van der Waals surface area contributed by atoms with Crippen LogP contribution in [0.1, 0.15) is 27.7 Å². The van der Waals surface area contributed by atoms with Crippen molar-refractivity contribution in [2.24, 2.45) is 0 Å². The van der Waals surface area contributed by atoms with E-state index in [9.17, 15) is 9.59 Å². The van der Waals surface area contributed by atoms with Crippen LogP contribution in [-0.2, 0) is 9.59 Å². The fourth-order valence-corrected chi connectivity index (χ4v) is 2.66. The number of benzene rings is 2. The van der Waals surface area contributed by atoms with Crippen LogP contribution in [0.25, 0.3) is 10.8 Å². The molecule has 0 atom stereocenters. The Labute approximate surface area is 159 Å². The number of hydrogen-bond donors (Lipinski definition) is 0. The summed E-state index contributed by atoms with van der Waals surface area (Å²) in [5.41, 5.74) is 1.29. The number of carbonyl (C=O) groups excluding carboxylic acids is 2. The Morgan fingerprint density at radius 2 is 1.44 bits per heavy atom. The summed E-state index contributed by atoms with van der Waals surface area (Å²) in [7, 11) is 0. The predicted molar refractivity (Wildman–Crippen MR) is 108 cm³/mol. The first-order valence-corrected chi connectivity index (χ1v) is 8.86. The van der Waals surface area contributed by atoms with Crippen molar-refractivity contribution >= 4 is 28.4 Å². The first kappa shape index (κ1) is 20.2. The Balaban J connectivity index is 2.75. The number of carbonyl (C=O) groups is 2. The second-order valence-electron chi connectivity index (χ2n) is 6.28. The first-order valence-electron chi connectivity index (χ1n) is 8.86. The molecule has 2 aromatic carbocycles. The van der Waals surface area contributed by atoms with Crippen molar-refractivity contribution in [2.45, 2.75) is 27.7 Å². The quantitative estimate of drug-likeness (QED) is 0.405. The molecular weight excluding hydrogens is 342 g/mol. The van der Waals surface area contributed by atoms with Crippen molar-refractivity contribution in [3.63, 3.8) is 0 Å². The number of hydrogen-bond acceptors (Lipinski definition) is 5. The number of rotatable bonds is 7. The maximum absolute atomic E-state index is 12.2. The van der Waals surface area contributed by atoms with Crippen LogP contribution in [0, 0.1) is 0 Å². The number of ether oxygens (including phenoxy) is 2. The lowest BCUT2D eigenvalue weighted by Gasteiger charge is -2.25. The van der Waals surface area contributed by atoms with Crippen LogP contribution in [0.5, 0.6) is 11.5 Å². The normalized spacial score (nSPS) is 10.4. The fraction of sp³-hybridized carbons (Fsp3) is 0.273. The van der Waals surface area contributed by atoms with Crippen LogP contribution < -0.4 is 14.4 Å². The van der Waals surface area contributed by atoms with E-state index in [-0.39, 0.29) is 0 Å². The summed E-state index contributed by atoms with van der Waals surface area (Å²) in [5.74, 6) is -0.175. The molecule has 27 heavy (non-hydrogen) atoms. The van der Waals surface area contributed by atoms with Crippen molar-refractivity contribution in [1.29, 1.82) is 0 Å². The standard InChI is InChI=1S/C22H25NO4/c1-7-23(8-2)18-13-19(26-21(24)14(3)4)16-11-9-10-12-17(16)20(18)27-22(25)15(5)6/h9-13H,3,5,7-8H2,1-2,4,6H3. The number of nitrogens with zero attached hydrogens (tertiary/aromatic N) is 1. The number of esters is 2. The molecule has 0 radical (unpaired) electrons. The third-order valence-electron chi connectivity index (χ3n) is 4.14. The van der Waals surface area contributed by atoms with E-state index in [0.717, 1.165) is 0 Å². The molecule has 0 fully saturated rings. The third-order valence-corrected chi connectivity index (χ3v) is 4.14. The minimum atomic E-state index is -0.502. The van der Waals surface area contributed by atoms with Crippen LogP contribution in [0.15, 0.2) is 54.6 Å². The molecule has 0 unspecified atom stereocenters. The van der Waals surface area contributed by atoms with Gasteiger partial charge >= 0.3 is 11.9 Å². The van der Waals surface area contributed by atoms with Crippen molar-refractivity contribution in [2.75, 3.05) is 18.0 Å². The van der Waals surface area contributed by atoms with Gasteiger partial charge in [-0.3, -0.25) is 0 Å². The second kappa shape index (κ2) is 8.54. The van der Waals surface area contributed by atoms with Crippen LogP contribution in [0.3, 0.4) is 0 Å². The highest BCUT2D eigenvalue weighted by Gasteiger charge is 2.21. The van der Waals surface area contributed by atoms with E-state index in [4.69, 9.17) is 9.47 Å². The van der Waals surface area contributed by atoms with Crippen molar-refractivity contribution in [1.82, 2.24) is 0 Å². The van der Waals surface area contributed by atoms with Gasteiger partial charge in [0.1, 0.15) is 5.75 Å². The lowest BCUT2D eigenvalue weighted by Crippen LogP contribution is -2.24. The molecule has 0 aromatic heterocycles. The van der Waals surface area contributed by atoms with Crippen molar-refractivity contribution in [3.8, 4) is 11.5 Å². The molecule has 0 saturated carbocycles. The zero-order valence-corrected chi connectivity index (χ0v) is 16.3. The van der Waals surface area contributed by atoms with Gasteiger partial charge in [0.2, 0.25) is 0 Å². The lowest BCUT2D eigenvalue weighted by molar-refractivity contribution is -0.131. The van der Waals surface area contributed by atoms with Gasteiger partial charge in [0.05, 0.1) is 5.69 Å². The van der Waals surface area contributed by atoms with E-state index in [1.165, 1.54) is 0 Å². The maximum Gasteiger partial charge on any atom is 0.338 e. The molecular formula is C22H25NO4. The molecule has 142 valence electrons. The highest BCUT2D eigenvalue weighted by atomic mass is 16.5. The van der Waals surface area contributed by atoms with Gasteiger partial charge < -0.3 is 14.4 Å². The largest absolute Gasteiger partial charge is 0.422 e. The van der Waals surface area contributed by atoms with Gasteiger partial charge in [-0.25, -0.2) is 9.59 Å². The van der Waals surface area contributed by atoms with Gasteiger partial charge in [-0.2, -0.15) is 0 Å². The van der Waals surface area contributed by atoms with Gasteiger partial charge in [-0.15, -0.1) is 0 Å². The summed E-state index contributed by atoms with van der Waals surface area (Å²) in [5, 5.41) is 1.36. The SMILES string of the molecule is C=C(C)C(=O)Oc1cc(N(CC)CC)c(OC(=O)C(=C)C)c2ccccc12. The highest BCUT2D eigenvalue weighted by Crippen LogP contribution is 2.42. The Hall–Kier alpha value is -3.08. The van der Waals surface area contributed by atoms with Crippen LogP contribution >= 0.6 is 0 Å². The predicted octanol–water partition coefficient (Wildman–Crippen LogP) is 4.65. The van der Waals surface area contributed by atoms with Crippen LogP contribution in [0.4, 0.5) is 5.69 Å². The number of fused-ring (bicyclic) bond motifs is 1. The zero-order chi connectivity index (χ0) is 20.1. The second-order valence-corrected chi connectivity index (χ2v) is 6.28. The summed E-state index contributed by atoms with van der Waals surface area (Å²) in [6.07, 6.45) is 0. The van der Waals surface area contributed by atoms with E-state index < -0.39 is 11.9 Å². The fourth-order valence-electron chi connectivity index (χ4n) is 2.66. The summed E-state index contributed by atoms with van der Waals surface area (Å²) >= 11 is 0. The molecule has 2 rings (SSSR count). The Morgan fingerprint density at radius 3 is 1.96 bits per heavy atom. The molecule has 5 heteroatoms. The van der Waals surface area contributed by atoms with E-state index in [2.05, 4.69) is 13.2 Å². The first-order chi connectivity index (χ1) is 12.8. The Bertz CT molecular complexity index is 910. The van der Waals surface area contributed by atoms with Gasteiger partial charge in [0.25, 0.3) is 0 Å². The lowest BCUT2D eigenvalue weighted by atomic mass is 10.1. The maximum atomic E-state index is 12.2. The van der Waals surface area contributed by atoms with Gasteiger partial charge in [0, 0.05) is 41.1 Å². The van der Waals surface area contributed by atoms with E-state index in [0.29, 0.717) is 52.2 Å². The summed E-state index contributed by atoms with van der Waals surface area (Å²) in [4.78, 5) is 26.4. The molecule has 0 saturated heterocycles. The highest BCUT2D eigenvalue weighted by molar-refractivity contribution is 6.03. The van der Waals surface area contributed by atoms with E-state index in [1.54, 1.807) is 19.9 Å². The molecule has 5 nitrogen and oxygen atoms in total. The Kier molecular flexibility index (Phi) is 6.40. The van der Waals surface area contributed by atoms with Crippen molar-refractivity contribution in [3.05, 3.63) is 54.6 Å². The molecule has 2 aromatic rings. The smallest absolute Gasteiger partial charge is 0.338 e. The molecule has 0 bridgehead atoms.